The van der Waals surface area contributed by atoms with Crippen LogP contribution in [0.4, 0.5) is 0 Å². The van der Waals surface area contributed by atoms with Crippen molar-refractivity contribution in [3.05, 3.63) is 39.8 Å². The molecule has 0 bridgehead atoms. The zero-order valence-corrected chi connectivity index (χ0v) is 17.0. The minimum absolute atomic E-state index is 0.0909. The van der Waals surface area contributed by atoms with Crippen molar-refractivity contribution in [2.45, 2.75) is 38.3 Å². The molecular formula is C19H23BrN4O3. The number of hydrogen-bond donors (Lipinski definition) is 1. The van der Waals surface area contributed by atoms with Crippen molar-refractivity contribution < 1.29 is 14.1 Å². The first-order valence-electron chi connectivity index (χ1n) is 9.21. The number of pyridine rings is 1. The lowest BCUT2D eigenvalue weighted by atomic mass is 10.1. The van der Waals surface area contributed by atoms with E-state index in [1.807, 2.05) is 12.3 Å². The first-order valence-corrected chi connectivity index (χ1v) is 10.0. The van der Waals surface area contributed by atoms with Crippen molar-refractivity contribution in [2.24, 2.45) is 5.92 Å². The zero-order chi connectivity index (χ0) is 19.0. The van der Waals surface area contributed by atoms with Crippen LogP contribution in [-0.4, -0.2) is 47.2 Å². The van der Waals surface area contributed by atoms with E-state index in [0.717, 1.165) is 48.3 Å². The van der Waals surface area contributed by atoms with E-state index in [2.05, 4.69) is 43.2 Å². The van der Waals surface area contributed by atoms with Gasteiger partial charge in [0.05, 0.1) is 11.6 Å². The molecule has 0 radical (unpaired) electrons. The molecule has 2 atom stereocenters. The summed E-state index contributed by atoms with van der Waals surface area (Å²) in [5.41, 5.74) is 1.48. The Hall–Kier alpha value is -1.93. The summed E-state index contributed by atoms with van der Waals surface area (Å²) in [5, 5.41) is 7.05. The molecule has 1 saturated carbocycles. The van der Waals surface area contributed by atoms with Crippen molar-refractivity contribution >= 4 is 21.8 Å². The molecule has 144 valence electrons. The largest absolute Gasteiger partial charge is 0.480 e. The van der Waals surface area contributed by atoms with E-state index in [1.54, 1.807) is 13.2 Å². The van der Waals surface area contributed by atoms with Crippen molar-refractivity contribution in [1.82, 2.24) is 20.4 Å². The second-order valence-electron chi connectivity index (χ2n) is 7.47. The zero-order valence-electron chi connectivity index (χ0n) is 15.4. The number of rotatable bonds is 6. The average Bonchev–Trinajstić information content (AvgIpc) is 3.27. The Kier molecular flexibility index (Phi) is 5.19. The molecule has 27 heavy (non-hydrogen) atoms. The summed E-state index contributed by atoms with van der Waals surface area (Å²) >= 11 is 3.48. The van der Waals surface area contributed by atoms with Crippen LogP contribution in [0.15, 0.2) is 27.3 Å². The molecule has 2 aromatic heterocycles. The SMILES string of the molecule is COc1ncc(CN2C[C@H](NC(=O)c3cc(C4CC4)on3)[C@@H](C)C2)cc1Br. The lowest BCUT2D eigenvalue weighted by molar-refractivity contribution is 0.0922. The highest BCUT2D eigenvalue weighted by Gasteiger charge is 2.33. The van der Waals surface area contributed by atoms with Gasteiger partial charge in [0.15, 0.2) is 5.69 Å². The first-order chi connectivity index (χ1) is 13.0. The fourth-order valence-electron chi connectivity index (χ4n) is 3.54. The molecule has 2 aromatic rings. The molecule has 1 N–H and O–H groups in total. The van der Waals surface area contributed by atoms with Crippen LogP contribution in [0.2, 0.25) is 0 Å². The predicted octanol–water partition coefficient (Wildman–Crippen LogP) is 2.97. The second kappa shape index (κ2) is 7.59. The number of carbonyl (C=O) groups is 1. The maximum Gasteiger partial charge on any atom is 0.273 e. The molecule has 1 saturated heterocycles. The van der Waals surface area contributed by atoms with Gasteiger partial charge in [-0.25, -0.2) is 4.98 Å². The van der Waals surface area contributed by atoms with Crippen LogP contribution >= 0.6 is 15.9 Å². The Labute approximate surface area is 166 Å². The Morgan fingerprint density at radius 3 is 2.93 bits per heavy atom. The lowest BCUT2D eigenvalue weighted by Gasteiger charge is -2.17. The summed E-state index contributed by atoms with van der Waals surface area (Å²) in [6, 6.07) is 3.90. The van der Waals surface area contributed by atoms with Gasteiger partial charge < -0.3 is 14.6 Å². The summed E-state index contributed by atoms with van der Waals surface area (Å²) < 4.78 is 11.3. The van der Waals surface area contributed by atoms with E-state index in [9.17, 15) is 4.79 Å². The van der Waals surface area contributed by atoms with Crippen molar-refractivity contribution in [3.8, 4) is 5.88 Å². The molecule has 4 rings (SSSR count). The Bertz CT molecular complexity index is 836. The van der Waals surface area contributed by atoms with Crippen LogP contribution in [0.1, 0.15) is 47.5 Å². The topological polar surface area (TPSA) is 80.5 Å². The van der Waals surface area contributed by atoms with Crippen LogP contribution in [0.25, 0.3) is 0 Å². The van der Waals surface area contributed by atoms with Crippen LogP contribution in [0.5, 0.6) is 5.88 Å². The second-order valence-corrected chi connectivity index (χ2v) is 8.33. The minimum Gasteiger partial charge on any atom is -0.480 e. The molecule has 2 aliphatic rings. The van der Waals surface area contributed by atoms with E-state index in [4.69, 9.17) is 9.26 Å². The maximum atomic E-state index is 12.5. The number of methoxy groups -OCH3 is 1. The molecule has 3 heterocycles. The van der Waals surface area contributed by atoms with Gasteiger partial charge in [-0.2, -0.15) is 0 Å². The summed E-state index contributed by atoms with van der Waals surface area (Å²) in [6.45, 7) is 4.65. The number of nitrogens with one attached hydrogen (secondary N) is 1. The molecule has 8 heteroatoms. The molecule has 0 spiro atoms. The Balaban J connectivity index is 1.34. The van der Waals surface area contributed by atoms with E-state index in [1.165, 1.54) is 0 Å². The van der Waals surface area contributed by atoms with E-state index in [-0.39, 0.29) is 11.9 Å². The van der Waals surface area contributed by atoms with Gasteiger partial charge in [0.2, 0.25) is 5.88 Å². The standard InChI is InChI=1S/C19H23BrN4O3/c1-11-8-24(9-12-5-14(20)19(26-2)21-7-12)10-16(11)22-18(25)15-6-17(27-23-15)13-3-4-13/h5-7,11,13,16H,3-4,8-10H2,1-2H3,(H,22,25)/t11-,16-/m0/s1. The van der Waals surface area contributed by atoms with Crippen molar-refractivity contribution in [1.29, 1.82) is 0 Å². The highest BCUT2D eigenvalue weighted by atomic mass is 79.9. The number of nitrogens with zero attached hydrogens (tertiary/aromatic N) is 3. The van der Waals surface area contributed by atoms with Gasteiger partial charge in [0.1, 0.15) is 5.76 Å². The molecule has 1 amide bonds. The Morgan fingerprint density at radius 2 is 2.22 bits per heavy atom. The van der Waals surface area contributed by atoms with E-state index >= 15 is 0 Å². The van der Waals surface area contributed by atoms with Gasteiger partial charge in [-0.05, 0) is 46.3 Å². The number of hydrogen-bond acceptors (Lipinski definition) is 6. The van der Waals surface area contributed by atoms with Gasteiger partial charge in [-0.1, -0.05) is 12.1 Å². The third kappa shape index (κ3) is 4.16. The van der Waals surface area contributed by atoms with Gasteiger partial charge in [-0.3, -0.25) is 9.69 Å². The number of amides is 1. The Morgan fingerprint density at radius 1 is 1.41 bits per heavy atom. The molecular weight excluding hydrogens is 412 g/mol. The van der Waals surface area contributed by atoms with Gasteiger partial charge in [0, 0.05) is 43.9 Å². The monoisotopic (exact) mass is 434 g/mol. The third-order valence-corrected chi connectivity index (χ3v) is 5.78. The average molecular weight is 435 g/mol. The molecule has 0 unspecified atom stereocenters. The normalized spacial score (nSPS) is 22.8. The predicted molar refractivity (Wildman–Crippen MR) is 103 cm³/mol. The summed E-state index contributed by atoms with van der Waals surface area (Å²) in [5.74, 6) is 2.07. The highest BCUT2D eigenvalue weighted by molar-refractivity contribution is 9.10. The third-order valence-electron chi connectivity index (χ3n) is 5.21. The van der Waals surface area contributed by atoms with Crippen LogP contribution in [-0.2, 0) is 6.54 Å². The molecule has 1 aliphatic carbocycles. The molecule has 0 aromatic carbocycles. The van der Waals surface area contributed by atoms with Crippen LogP contribution in [0, 0.1) is 5.92 Å². The van der Waals surface area contributed by atoms with Gasteiger partial charge in [-0.15, -0.1) is 0 Å². The summed E-state index contributed by atoms with van der Waals surface area (Å²) in [7, 11) is 1.60. The van der Waals surface area contributed by atoms with Crippen LogP contribution < -0.4 is 10.1 Å². The van der Waals surface area contributed by atoms with Gasteiger partial charge in [0.25, 0.3) is 5.91 Å². The van der Waals surface area contributed by atoms with E-state index in [0.29, 0.717) is 23.4 Å². The number of likely N-dealkylation sites (tertiary alicyclic amines) is 1. The fraction of sp³-hybridized carbons (Fsp3) is 0.526. The number of ether oxygens (including phenoxy) is 1. The fourth-order valence-corrected chi connectivity index (χ4v) is 4.10. The molecule has 1 aliphatic heterocycles. The van der Waals surface area contributed by atoms with Crippen molar-refractivity contribution in [3.63, 3.8) is 0 Å². The quantitative estimate of drug-likeness (QED) is 0.752. The maximum absolute atomic E-state index is 12.5. The summed E-state index contributed by atoms with van der Waals surface area (Å²) in [6.07, 6.45) is 4.08. The molecule has 2 fully saturated rings. The van der Waals surface area contributed by atoms with E-state index < -0.39 is 0 Å². The number of halogens is 1. The molecule has 7 nitrogen and oxygen atoms in total. The number of carbonyl (C=O) groups excluding carboxylic acids is 1. The highest BCUT2D eigenvalue weighted by Crippen LogP contribution is 2.40. The lowest BCUT2D eigenvalue weighted by Crippen LogP contribution is -2.40. The van der Waals surface area contributed by atoms with Crippen molar-refractivity contribution in [2.75, 3.05) is 20.2 Å². The summed E-state index contributed by atoms with van der Waals surface area (Å²) in [4.78, 5) is 19.1. The first kappa shape index (κ1) is 18.4. The van der Waals surface area contributed by atoms with Gasteiger partial charge >= 0.3 is 0 Å². The number of aromatic nitrogens is 2. The van der Waals surface area contributed by atoms with Crippen LogP contribution in [0.3, 0.4) is 0 Å². The smallest absolute Gasteiger partial charge is 0.273 e. The minimum atomic E-state index is -0.154.